The summed E-state index contributed by atoms with van der Waals surface area (Å²) in [7, 11) is 0. The summed E-state index contributed by atoms with van der Waals surface area (Å²) < 4.78 is 38.7. The second kappa shape index (κ2) is 6.77. The fourth-order valence-electron chi connectivity index (χ4n) is 1.52. The average molecular weight is 295 g/mol. The summed E-state index contributed by atoms with van der Waals surface area (Å²) in [6, 6.07) is 1.03. The predicted molar refractivity (Wildman–Crippen MR) is 67.8 cm³/mol. The summed E-state index contributed by atoms with van der Waals surface area (Å²) in [6.45, 7) is 0.766. The van der Waals surface area contributed by atoms with Gasteiger partial charge in [0.05, 0.1) is 12.2 Å². The monoisotopic (exact) mass is 294 g/mol. The van der Waals surface area contributed by atoms with Crippen LogP contribution in [0.2, 0.25) is 0 Å². The molecule has 1 fully saturated rings. The maximum Gasteiger partial charge on any atom is 0.238 e. The molecule has 0 atom stereocenters. The van der Waals surface area contributed by atoms with Gasteiger partial charge >= 0.3 is 0 Å². The maximum atomic E-state index is 13.2. The maximum absolute atomic E-state index is 13.2. The van der Waals surface area contributed by atoms with Gasteiger partial charge in [-0.3, -0.25) is 4.79 Å². The fourth-order valence-corrected chi connectivity index (χ4v) is 1.52. The highest BCUT2D eigenvalue weighted by molar-refractivity contribution is 5.92. The molecule has 0 heterocycles. The Morgan fingerprint density at radius 3 is 2.42 bits per heavy atom. The van der Waals surface area contributed by atoms with Gasteiger partial charge in [0.25, 0.3) is 0 Å². The third kappa shape index (κ3) is 4.72. The molecule has 0 saturated heterocycles. The second-order valence-electron chi connectivity index (χ2n) is 4.37. The van der Waals surface area contributed by atoms with E-state index in [1.54, 1.807) is 0 Å². The lowest BCUT2D eigenvalue weighted by molar-refractivity contribution is -0.115. The van der Waals surface area contributed by atoms with Crippen LogP contribution in [-0.2, 0) is 4.79 Å². The first kappa shape index (κ1) is 15.8. The van der Waals surface area contributed by atoms with Crippen molar-refractivity contribution in [3.8, 4) is 0 Å². The van der Waals surface area contributed by atoms with Crippen LogP contribution in [-0.4, -0.2) is 19.0 Å². The second-order valence-corrected chi connectivity index (χ2v) is 4.37. The number of hydrogen-bond acceptors (Lipinski definition) is 2. The van der Waals surface area contributed by atoms with Crippen LogP contribution >= 0.6 is 12.4 Å². The van der Waals surface area contributed by atoms with E-state index in [1.165, 1.54) is 0 Å². The van der Waals surface area contributed by atoms with Crippen LogP contribution in [0.25, 0.3) is 0 Å². The summed E-state index contributed by atoms with van der Waals surface area (Å²) in [6.07, 6.45) is 2.32. The van der Waals surface area contributed by atoms with E-state index in [0.29, 0.717) is 18.1 Å². The van der Waals surface area contributed by atoms with Crippen molar-refractivity contribution in [2.75, 3.05) is 18.4 Å². The van der Waals surface area contributed by atoms with Gasteiger partial charge in [-0.15, -0.1) is 12.4 Å². The largest absolute Gasteiger partial charge is 0.322 e. The lowest BCUT2D eigenvalue weighted by atomic mass is 10.3. The number of hydrogen-bond donors (Lipinski definition) is 2. The molecule has 0 aromatic heterocycles. The Labute approximate surface area is 115 Å². The normalized spacial score (nSPS) is 13.8. The molecule has 19 heavy (non-hydrogen) atoms. The molecule has 0 aliphatic heterocycles. The van der Waals surface area contributed by atoms with Crippen LogP contribution < -0.4 is 10.6 Å². The minimum absolute atomic E-state index is 0. The van der Waals surface area contributed by atoms with Gasteiger partial charge < -0.3 is 10.6 Å². The molecule has 0 spiro atoms. The summed E-state index contributed by atoms with van der Waals surface area (Å²) >= 11 is 0. The van der Waals surface area contributed by atoms with Crippen molar-refractivity contribution in [3.05, 3.63) is 29.6 Å². The van der Waals surface area contributed by atoms with E-state index in [4.69, 9.17) is 0 Å². The smallest absolute Gasteiger partial charge is 0.238 e. The first-order valence-corrected chi connectivity index (χ1v) is 5.71. The van der Waals surface area contributed by atoms with Gasteiger partial charge in [0, 0.05) is 12.1 Å². The Kier molecular flexibility index (Phi) is 5.62. The molecule has 106 valence electrons. The average Bonchev–Trinajstić information content (AvgIpc) is 3.10. The molecular weight excluding hydrogens is 281 g/mol. The van der Waals surface area contributed by atoms with Gasteiger partial charge in [0.2, 0.25) is 5.91 Å². The topological polar surface area (TPSA) is 41.1 Å². The third-order valence-corrected chi connectivity index (χ3v) is 2.70. The summed E-state index contributed by atoms with van der Waals surface area (Å²) in [5.74, 6) is -3.34. The molecule has 1 aliphatic rings. The summed E-state index contributed by atoms with van der Waals surface area (Å²) in [5.41, 5.74) is -0.355. The van der Waals surface area contributed by atoms with Gasteiger partial charge in [-0.2, -0.15) is 0 Å². The number of rotatable bonds is 5. The van der Waals surface area contributed by atoms with Crippen LogP contribution in [0.4, 0.5) is 18.9 Å². The van der Waals surface area contributed by atoms with Crippen molar-refractivity contribution in [3.63, 3.8) is 0 Å². The summed E-state index contributed by atoms with van der Waals surface area (Å²) in [5, 5.41) is 5.10. The Morgan fingerprint density at radius 2 is 1.79 bits per heavy atom. The van der Waals surface area contributed by atoms with Crippen molar-refractivity contribution in [2.24, 2.45) is 5.92 Å². The number of carbonyl (C=O) groups excluding carboxylic acids is 1. The van der Waals surface area contributed by atoms with Gasteiger partial charge in [0.1, 0.15) is 5.82 Å². The number of anilines is 1. The van der Waals surface area contributed by atoms with E-state index >= 15 is 0 Å². The molecule has 1 aliphatic carbocycles. The molecule has 0 unspecified atom stereocenters. The van der Waals surface area contributed by atoms with Crippen LogP contribution in [0, 0.1) is 23.4 Å². The van der Waals surface area contributed by atoms with E-state index < -0.39 is 23.4 Å². The van der Waals surface area contributed by atoms with Crippen LogP contribution in [0.1, 0.15) is 12.8 Å². The van der Waals surface area contributed by atoms with Crippen molar-refractivity contribution >= 4 is 24.0 Å². The number of amides is 1. The van der Waals surface area contributed by atoms with Crippen molar-refractivity contribution in [1.29, 1.82) is 0 Å². The van der Waals surface area contributed by atoms with Crippen LogP contribution in [0.5, 0.6) is 0 Å². The molecule has 2 N–H and O–H groups in total. The Morgan fingerprint density at radius 1 is 1.16 bits per heavy atom. The molecule has 3 nitrogen and oxygen atoms in total. The van der Waals surface area contributed by atoms with Crippen molar-refractivity contribution in [1.82, 2.24) is 5.32 Å². The zero-order valence-corrected chi connectivity index (χ0v) is 10.8. The molecular formula is C12H14ClF3N2O. The van der Waals surface area contributed by atoms with E-state index in [1.807, 2.05) is 0 Å². The fraction of sp³-hybridized carbons (Fsp3) is 0.417. The zero-order valence-electron chi connectivity index (χ0n) is 10.0. The molecule has 2 rings (SSSR count). The molecule has 0 bridgehead atoms. The first-order valence-electron chi connectivity index (χ1n) is 5.71. The van der Waals surface area contributed by atoms with E-state index in [2.05, 4.69) is 10.6 Å². The van der Waals surface area contributed by atoms with Gasteiger partial charge in [-0.1, -0.05) is 0 Å². The number of nitrogens with one attached hydrogen (secondary N) is 2. The minimum Gasteiger partial charge on any atom is -0.322 e. The van der Waals surface area contributed by atoms with Gasteiger partial charge in [-0.05, 0) is 25.3 Å². The molecule has 1 aromatic carbocycles. The Hall–Kier alpha value is -1.27. The highest BCUT2D eigenvalue weighted by atomic mass is 35.5. The molecule has 1 aromatic rings. The number of halogens is 4. The quantitative estimate of drug-likeness (QED) is 0.819. The zero-order chi connectivity index (χ0) is 13.1. The first-order chi connectivity index (χ1) is 8.56. The van der Waals surface area contributed by atoms with Crippen LogP contribution in [0.15, 0.2) is 12.1 Å². The van der Waals surface area contributed by atoms with Gasteiger partial charge in [0.15, 0.2) is 11.6 Å². The summed E-state index contributed by atoms with van der Waals surface area (Å²) in [4.78, 5) is 11.4. The lowest BCUT2D eigenvalue weighted by Crippen LogP contribution is -2.29. The Balaban J connectivity index is 0.00000180. The van der Waals surface area contributed by atoms with Crippen molar-refractivity contribution in [2.45, 2.75) is 12.8 Å². The Bertz CT molecular complexity index is 467. The lowest BCUT2D eigenvalue weighted by Gasteiger charge is -2.07. The highest BCUT2D eigenvalue weighted by Crippen LogP contribution is 2.27. The number of benzene rings is 1. The van der Waals surface area contributed by atoms with Gasteiger partial charge in [-0.25, -0.2) is 13.2 Å². The number of carbonyl (C=O) groups is 1. The van der Waals surface area contributed by atoms with Crippen molar-refractivity contribution < 1.29 is 18.0 Å². The highest BCUT2D eigenvalue weighted by Gasteiger charge is 2.20. The molecule has 7 heteroatoms. The minimum atomic E-state index is -1.28. The van der Waals surface area contributed by atoms with E-state index in [9.17, 15) is 18.0 Å². The SMILES string of the molecule is Cl.O=C(CNCC1CC1)Nc1cc(F)c(F)cc1F. The van der Waals surface area contributed by atoms with E-state index in [-0.39, 0.29) is 24.6 Å². The third-order valence-electron chi connectivity index (χ3n) is 2.70. The molecule has 1 amide bonds. The molecule has 1 saturated carbocycles. The van der Waals surface area contributed by atoms with Crippen LogP contribution in [0.3, 0.4) is 0 Å². The predicted octanol–water partition coefficient (Wildman–Crippen LogP) is 2.46. The standard InChI is InChI=1S/C12H13F3N2O.ClH/c13-8-3-10(15)11(4-9(8)14)17-12(18)6-16-5-7-1-2-7;/h3-4,7,16H,1-2,5-6H2,(H,17,18);1H. The van der Waals surface area contributed by atoms with E-state index in [0.717, 1.165) is 19.4 Å². The molecule has 0 radical (unpaired) electrons.